The van der Waals surface area contributed by atoms with Gasteiger partial charge in [0.1, 0.15) is 11.6 Å². The van der Waals surface area contributed by atoms with Crippen molar-refractivity contribution in [1.82, 2.24) is 10.9 Å². The molecule has 2 N–H and O–H groups in total. The minimum atomic E-state index is -0.506. The average Bonchev–Trinajstić information content (AvgIpc) is 3.06. The van der Waals surface area contributed by atoms with E-state index in [0.717, 1.165) is 19.3 Å². The first-order valence-electron chi connectivity index (χ1n) is 7.71. The van der Waals surface area contributed by atoms with Crippen LogP contribution in [0.5, 0.6) is 5.75 Å². The van der Waals surface area contributed by atoms with Crippen molar-refractivity contribution in [3.8, 4) is 5.75 Å². The molecule has 5 nitrogen and oxygen atoms in total. The highest BCUT2D eigenvalue weighted by Crippen LogP contribution is 2.22. The zero-order valence-corrected chi connectivity index (χ0v) is 13.0. The van der Waals surface area contributed by atoms with Crippen LogP contribution in [0.15, 0.2) is 42.5 Å². The van der Waals surface area contributed by atoms with Crippen LogP contribution in [0.2, 0.25) is 0 Å². The number of hydrogen-bond donors (Lipinski definition) is 2. The fraction of sp³-hybridized carbons (Fsp3) is 0.222. The lowest BCUT2D eigenvalue weighted by molar-refractivity contribution is -0.123. The van der Waals surface area contributed by atoms with Crippen LogP contribution in [0.1, 0.15) is 27.9 Å². The number of aryl methyl sites for hydroxylation is 2. The predicted molar refractivity (Wildman–Crippen MR) is 86.0 cm³/mol. The third kappa shape index (κ3) is 3.90. The van der Waals surface area contributed by atoms with Crippen LogP contribution < -0.4 is 15.6 Å². The molecule has 0 atom stereocenters. The first-order chi connectivity index (χ1) is 11.6. The number of nitrogens with one attached hydrogen (secondary N) is 2. The number of carbonyl (C=O) groups excluding carboxylic acids is 2. The van der Waals surface area contributed by atoms with E-state index < -0.39 is 5.91 Å². The summed E-state index contributed by atoms with van der Waals surface area (Å²) < 4.78 is 17.9. The van der Waals surface area contributed by atoms with Crippen molar-refractivity contribution in [3.63, 3.8) is 0 Å². The summed E-state index contributed by atoms with van der Waals surface area (Å²) in [5.74, 6) is -0.890. The van der Waals surface area contributed by atoms with E-state index in [2.05, 4.69) is 10.9 Å². The first-order valence-corrected chi connectivity index (χ1v) is 7.71. The molecule has 0 aliphatic heterocycles. The molecule has 2 amide bonds. The molecule has 24 heavy (non-hydrogen) atoms. The van der Waals surface area contributed by atoms with Gasteiger partial charge < -0.3 is 4.74 Å². The Hall–Kier alpha value is -2.89. The summed E-state index contributed by atoms with van der Waals surface area (Å²) in [5, 5.41) is 0. The van der Waals surface area contributed by atoms with Gasteiger partial charge in [0.15, 0.2) is 6.61 Å². The molecule has 0 heterocycles. The molecule has 6 heteroatoms. The Morgan fingerprint density at radius 2 is 1.75 bits per heavy atom. The van der Waals surface area contributed by atoms with E-state index in [9.17, 15) is 14.0 Å². The van der Waals surface area contributed by atoms with Crippen molar-refractivity contribution in [2.45, 2.75) is 19.3 Å². The van der Waals surface area contributed by atoms with Gasteiger partial charge in [0.25, 0.3) is 11.8 Å². The van der Waals surface area contributed by atoms with Crippen LogP contribution in [0.4, 0.5) is 4.39 Å². The van der Waals surface area contributed by atoms with Gasteiger partial charge in [-0.1, -0.05) is 6.07 Å². The number of hydrogen-bond acceptors (Lipinski definition) is 3. The zero-order valence-electron chi connectivity index (χ0n) is 13.0. The fourth-order valence-electron chi connectivity index (χ4n) is 2.63. The fourth-order valence-corrected chi connectivity index (χ4v) is 2.63. The Labute approximate surface area is 138 Å². The van der Waals surface area contributed by atoms with Crippen LogP contribution in [-0.4, -0.2) is 18.4 Å². The maximum absolute atomic E-state index is 12.8. The van der Waals surface area contributed by atoms with Crippen molar-refractivity contribution in [1.29, 1.82) is 0 Å². The van der Waals surface area contributed by atoms with Crippen molar-refractivity contribution in [2.75, 3.05) is 6.61 Å². The molecule has 0 fully saturated rings. The minimum Gasteiger partial charge on any atom is -0.484 e. The van der Waals surface area contributed by atoms with Gasteiger partial charge in [-0.05, 0) is 66.8 Å². The molecule has 0 spiro atoms. The second-order valence-electron chi connectivity index (χ2n) is 5.58. The highest BCUT2D eigenvalue weighted by atomic mass is 19.1. The summed E-state index contributed by atoms with van der Waals surface area (Å²) in [7, 11) is 0. The van der Waals surface area contributed by atoms with E-state index in [1.807, 2.05) is 12.1 Å². The largest absolute Gasteiger partial charge is 0.484 e. The molecule has 0 saturated heterocycles. The normalized spacial score (nSPS) is 12.4. The number of fused-ring (bicyclic) bond motifs is 1. The lowest BCUT2D eigenvalue weighted by Gasteiger charge is -2.09. The molecular weight excluding hydrogens is 311 g/mol. The second-order valence-corrected chi connectivity index (χ2v) is 5.58. The Bertz CT molecular complexity index is 759. The quantitative estimate of drug-likeness (QED) is 0.845. The Balaban J connectivity index is 1.47. The topological polar surface area (TPSA) is 67.4 Å². The van der Waals surface area contributed by atoms with Crippen LogP contribution in [0.3, 0.4) is 0 Å². The molecule has 124 valence electrons. The summed E-state index contributed by atoms with van der Waals surface area (Å²) in [6.07, 6.45) is 3.14. The summed E-state index contributed by atoms with van der Waals surface area (Å²) in [5.41, 5.74) is 7.63. The Morgan fingerprint density at radius 3 is 2.54 bits per heavy atom. The van der Waals surface area contributed by atoms with Gasteiger partial charge in [-0.25, -0.2) is 4.39 Å². The van der Waals surface area contributed by atoms with Gasteiger partial charge in [-0.15, -0.1) is 0 Å². The lowest BCUT2D eigenvalue weighted by atomic mass is 10.1. The summed E-state index contributed by atoms with van der Waals surface area (Å²) in [6.45, 7) is -0.282. The van der Waals surface area contributed by atoms with E-state index in [1.165, 1.54) is 35.4 Å². The van der Waals surface area contributed by atoms with E-state index >= 15 is 0 Å². The molecule has 1 aliphatic carbocycles. The van der Waals surface area contributed by atoms with Crippen LogP contribution in [0, 0.1) is 5.82 Å². The van der Waals surface area contributed by atoms with Crippen molar-refractivity contribution < 1.29 is 18.7 Å². The van der Waals surface area contributed by atoms with E-state index in [1.54, 1.807) is 6.07 Å². The van der Waals surface area contributed by atoms with Crippen LogP contribution in [-0.2, 0) is 17.6 Å². The number of benzene rings is 2. The Morgan fingerprint density at radius 1 is 1.00 bits per heavy atom. The monoisotopic (exact) mass is 328 g/mol. The molecule has 0 radical (unpaired) electrons. The van der Waals surface area contributed by atoms with E-state index in [4.69, 9.17) is 4.74 Å². The minimum absolute atomic E-state index is 0.282. The van der Waals surface area contributed by atoms with Crippen LogP contribution in [0.25, 0.3) is 0 Å². The average molecular weight is 328 g/mol. The molecule has 0 aromatic heterocycles. The molecule has 2 aromatic rings. The van der Waals surface area contributed by atoms with Gasteiger partial charge in [0.05, 0.1) is 0 Å². The second kappa shape index (κ2) is 7.12. The van der Waals surface area contributed by atoms with E-state index in [0.29, 0.717) is 11.3 Å². The highest BCUT2D eigenvalue weighted by molar-refractivity contribution is 5.95. The number of rotatable bonds is 4. The molecule has 1 aliphatic rings. The number of halogens is 1. The molecule has 2 aromatic carbocycles. The van der Waals surface area contributed by atoms with Crippen LogP contribution >= 0.6 is 0 Å². The Kier molecular flexibility index (Phi) is 4.74. The third-order valence-corrected chi connectivity index (χ3v) is 3.86. The molecule has 0 saturated carbocycles. The third-order valence-electron chi connectivity index (χ3n) is 3.86. The predicted octanol–water partition coefficient (Wildman–Crippen LogP) is 2.15. The van der Waals surface area contributed by atoms with Gasteiger partial charge in [0, 0.05) is 5.56 Å². The summed E-state index contributed by atoms with van der Waals surface area (Å²) in [4.78, 5) is 23.7. The SMILES string of the molecule is O=C(COc1ccc(F)cc1)NNC(=O)c1ccc2c(c1)CCC2. The van der Waals surface area contributed by atoms with Crippen molar-refractivity contribution >= 4 is 11.8 Å². The molecular formula is C18H17FN2O3. The van der Waals surface area contributed by atoms with Gasteiger partial charge in [-0.3, -0.25) is 20.4 Å². The number of hydrazine groups is 1. The summed E-state index contributed by atoms with van der Waals surface area (Å²) >= 11 is 0. The van der Waals surface area contributed by atoms with Crippen molar-refractivity contribution in [3.05, 3.63) is 65.0 Å². The molecule has 0 unspecified atom stereocenters. The smallest absolute Gasteiger partial charge is 0.276 e. The maximum atomic E-state index is 12.8. The van der Waals surface area contributed by atoms with E-state index in [-0.39, 0.29) is 18.3 Å². The highest BCUT2D eigenvalue weighted by Gasteiger charge is 2.14. The standard InChI is InChI=1S/C18H17FN2O3/c19-15-6-8-16(9-7-15)24-11-17(22)20-21-18(23)14-5-4-12-2-1-3-13(12)10-14/h4-10H,1-3,11H2,(H,20,22)(H,21,23). The maximum Gasteiger partial charge on any atom is 0.276 e. The van der Waals surface area contributed by atoms with Crippen molar-refractivity contribution in [2.24, 2.45) is 0 Å². The van der Waals surface area contributed by atoms with Gasteiger partial charge >= 0.3 is 0 Å². The first kappa shape index (κ1) is 16.0. The number of carbonyl (C=O) groups is 2. The molecule has 3 rings (SSSR count). The summed E-state index contributed by atoms with van der Waals surface area (Å²) in [6, 6.07) is 10.9. The number of ether oxygens (including phenoxy) is 1. The zero-order chi connectivity index (χ0) is 16.9. The molecule has 0 bridgehead atoms. The van der Waals surface area contributed by atoms with Gasteiger partial charge in [-0.2, -0.15) is 0 Å². The van der Waals surface area contributed by atoms with Gasteiger partial charge in [0.2, 0.25) is 0 Å². The number of amides is 2. The lowest BCUT2D eigenvalue weighted by Crippen LogP contribution is -2.43.